The Bertz CT molecular complexity index is 785. The number of unbranched alkanes of at least 4 members (excludes halogenated alkanes) is 1. The zero-order valence-electron chi connectivity index (χ0n) is 12.8. The van der Waals surface area contributed by atoms with Crippen LogP contribution in [0.25, 0.3) is 11.4 Å². The summed E-state index contributed by atoms with van der Waals surface area (Å²) >= 11 is 5.95. The maximum atomic E-state index is 12.1. The molecule has 0 spiro atoms. The summed E-state index contributed by atoms with van der Waals surface area (Å²) in [6.07, 6.45) is 1.55. The Morgan fingerprint density at radius 2 is 2.17 bits per heavy atom. The third-order valence-corrected chi connectivity index (χ3v) is 6.00. The van der Waals surface area contributed by atoms with Crippen molar-refractivity contribution < 1.29 is 12.9 Å². The van der Waals surface area contributed by atoms with Crippen LogP contribution in [0.1, 0.15) is 31.6 Å². The molecule has 6 nitrogen and oxygen atoms in total. The molecule has 0 atom stereocenters. The highest BCUT2D eigenvalue weighted by molar-refractivity contribution is 7.89. The second kappa shape index (κ2) is 6.59. The lowest BCUT2D eigenvalue weighted by molar-refractivity contribution is 0.216. The van der Waals surface area contributed by atoms with Crippen LogP contribution in [0.2, 0.25) is 5.02 Å². The number of halogens is 1. The monoisotopic (exact) mass is 355 g/mol. The molecular weight excluding hydrogens is 338 g/mol. The fraction of sp³-hybridized carbons (Fsp3) is 0.467. The summed E-state index contributed by atoms with van der Waals surface area (Å²) in [6.45, 7) is 2.79. The van der Waals surface area contributed by atoms with Crippen molar-refractivity contribution in [3.05, 3.63) is 35.2 Å². The van der Waals surface area contributed by atoms with E-state index in [1.807, 2.05) is 19.1 Å². The highest BCUT2D eigenvalue weighted by atomic mass is 35.5. The van der Waals surface area contributed by atoms with Crippen molar-refractivity contribution >= 4 is 21.6 Å². The van der Waals surface area contributed by atoms with Crippen LogP contribution in [0, 0.1) is 0 Å². The quantitative estimate of drug-likeness (QED) is 0.796. The Kier molecular flexibility index (Phi) is 4.70. The van der Waals surface area contributed by atoms with Crippen LogP contribution >= 0.6 is 11.6 Å². The van der Waals surface area contributed by atoms with E-state index in [1.54, 1.807) is 12.1 Å². The molecule has 0 saturated carbocycles. The zero-order valence-corrected chi connectivity index (χ0v) is 14.3. The average Bonchev–Trinajstić information content (AvgIpc) is 2.93. The Balaban J connectivity index is 1.65. The first-order valence-electron chi connectivity index (χ1n) is 7.57. The van der Waals surface area contributed by atoms with Crippen LogP contribution in [0.5, 0.6) is 0 Å². The SMILES string of the molecule is CCCCS(=O)(=O)N1CC(c2nc(-c3cccc(Cl)c3)no2)C1. The van der Waals surface area contributed by atoms with E-state index < -0.39 is 10.0 Å². The van der Waals surface area contributed by atoms with Crippen molar-refractivity contribution in [1.29, 1.82) is 0 Å². The van der Waals surface area contributed by atoms with Crippen LogP contribution in [-0.4, -0.2) is 41.7 Å². The summed E-state index contributed by atoms with van der Waals surface area (Å²) in [5, 5.41) is 4.56. The standard InChI is InChI=1S/C15H18ClN3O3S/c1-2-3-7-23(20,21)19-9-12(10-19)15-17-14(18-22-15)11-5-4-6-13(16)8-11/h4-6,8,12H,2-3,7,9-10H2,1H3. The first-order valence-corrected chi connectivity index (χ1v) is 9.55. The number of hydrogen-bond acceptors (Lipinski definition) is 5. The fourth-order valence-corrected chi connectivity index (χ4v) is 4.34. The molecule has 2 heterocycles. The van der Waals surface area contributed by atoms with Crippen molar-refractivity contribution in [2.45, 2.75) is 25.7 Å². The first-order chi connectivity index (χ1) is 11.0. The van der Waals surface area contributed by atoms with Gasteiger partial charge in [0.15, 0.2) is 0 Å². The molecule has 0 aliphatic carbocycles. The lowest BCUT2D eigenvalue weighted by Gasteiger charge is -2.35. The highest BCUT2D eigenvalue weighted by Crippen LogP contribution is 2.30. The van der Waals surface area contributed by atoms with Gasteiger partial charge in [0.05, 0.1) is 11.7 Å². The van der Waals surface area contributed by atoms with Crippen LogP contribution in [0.15, 0.2) is 28.8 Å². The molecule has 1 aromatic heterocycles. The molecule has 1 aromatic carbocycles. The highest BCUT2D eigenvalue weighted by Gasteiger charge is 2.39. The number of sulfonamides is 1. The molecule has 1 aliphatic heterocycles. The van der Waals surface area contributed by atoms with Crippen molar-refractivity contribution in [2.75, 3.05) is 18.8 Å². The summed E-state index contributed by atoms with van der Waals surface area (Å²) in [6, 6.07) is 7.21. The third kappa shape index (κ3) is 3.57. The number of nitrogens with zero attached hydrogens (tertiary/aromatic N) is 3. The van der Waals surface area contributed by atoms with Gasteiger partial charge in [-0.15, -0.1) is 0 Å². The van der Waals surface area contributed by atoms with Gasteiger partial charge in [0, 0.05) is 23.7 Å². The molecule has 8 heteroatoms. The van der Waals surface area contributed by atoms with E-state index in [0.717, 1.165) is 12.0 Å². The number of aromatic nitrogens is 2. The van der Waals surface area contributed by atoms with E-state index in [0.29, 0.717) is 36.2 Å². The first kappa shape index (κ1) is 16.4. The summed E-state index contributed by atoms with van der Waals surface area (Å²) < 4.78 is 30.9. The molecule has 1 aliphatic rings. The van der Waals surface area contributed by atoms with Crippen molar-refractivity contribution in [1.82, 2.24) is 14.4 Å². The zero-order chi connectivity index (χ0) is 16.4. The average molecular weight is 356 g/mol. The minimum atomic E-state index is -3.15. The van der Waals surface area contributed by atoms with Crippen LogP contribution in [0.3, 0.4) is 0 Å². The predicted octanol–water partition coefficient (Wildman–Crippen LogP) is 2.92. The van der Waals surface area contributed by atoms with Crippen molar-refractivity contribution in [3.8, 4) is 11.4 Å². The molecule has 1 saturated heterocycles. The van der Waals surface area contributed by atoms with Crippen LogP contribution < -0.4 is 0 Å². The number of rotatable bonds is 6. The normalized spacial score (nSPS) is 16.4. The molecule has 0 N–H and O–H groups in total. The lowest BCUT2D eigenvalue weighted by atomic mass is 10.0. The van der Waals surface area contributed by atoms with Gasteiger partial charge >= 0.3 is 0 Å². The van der Waals surface area contributed by atoms with Gasteiger partial charge in [0.2, 0.25) is 21.7 Å². The molecule has 3 rings (SSSR count). The van der Waals surface area contributed by atoms with E-state index in [9.17, 15) is 8.42 Å². The second-order valence-electron chi connectivity index (χ2n) is 5.65. The number of benzene rings is 1. The molecular formula is C15H18ClN3O3S. The van der Waals surface area contributed by atoms with E-state index >= 15 is 0 Å². The molecule has 0 amide bonds. The fourth-order valence-electron chi connectivity index (χ4n) is 2.42. The largest absolute Gasteiger partial charge is 0.339 e. The van der Waals surface area contributed by atoms with Gasteiger partial charge in [-0.1, -0.05) is 42.2 Å². The minimum Gasteiger partial charge on any atom is -0.339 e. The summed E-state index contributed by atoms with van der Waals surface area (Å²) in [5.74, 6) is 1.11. The maximum Gasteiger partial charge on any atom is 0.232 e. The van der Waals surface area contributed by atoms with Gasteiger partial charge in [0.1, 0.15) is 0 Å². The minimum absolute atomic E-state index is 0.0353. The Morgan fingerprint density at radius 1 is 1.39 bits per heavy atom. The van der Waals surface area contributed by atoms with Gasteiger partial charge in [-0.25, -0.2) is 12.7 Å². The summed E-state index contributed by atoms with van der Waals surface area (Å²) in [5.41, 5.74) is 0.777. The Hall–Kier alpha value is -1.44. The maximum absolute atomic E-state index is 12.1. The molecule has 0 unspecified atom stereocenters. The second-order valence-corrected chi connectivity index (χ2v) is 8.17. The molecule has 124 valence electrons. The van der Waals surface area contributed by atoms with Gasteiger partial charge in [-0.05, 0) is 18.6 Å². The summed E-state index contributed by atoms with van der Waals surface area (Å²) in [4.78, 5) is 4.36. The van der Waals surface area contributed by atoms with E-state index in [1.165, 1.54) is 4.31 Å². The van der Waals surface area contributed by atoms with Gasteiger partial charge in [0.25, 0.3) is 0 Å². The summed E-state index contributed by atoms with van der Waals surface area (Å²) in [7, 11) is -3.15. The Morgan fingerprint density at radius 3 is 2.87 bits per heavy atom. The van der Waals surface area contributed by atoms with Gasteiger partial charge in [-0.3, -0.25) is 0 Å². The smallest absolute Gasteiger partial charge is 0.232 e. The van der Waals surface area contributed by atoms with Crippen LogP contribution in [0.4, 0.5) is 0 Å². The van der Waals surface area contributed by atoms with Gasteiger partial charge in [-0.2, -0.15) is 4.98 Å². The molecule has 2 aromatic rings. The number of hydrogen-bond donors (Lipinski definition) is 0. The van der Waals surface area contributed by atoms with Crippen molar-refractivity contribution in [3.63, 3.8) is 0 Å². The third-order valence-electron chi connectivity index (χ3n) is 3.87. The van der Waals surface area contributed by atoms with E-state index in [2.05, 4.69) is 10.1 Å². The Labute approximate surface area is 140 Å². The lowest BCUT2D eigenvalue weighted by Crippen LogP contribution is -2.49. The molecule has 1 fully saturated rings. The van der Waals surface area contributed by atoms with Crippen LogP contribution in [-0.2, 0) is 10.0 Å². The molecule has 0 bridgehead atoms. The van der Waals surface area contributed by atoms with E-state index in [-0.39, 0.29) is 11.7 Å². The van der Waals surface area contributed by atoms with Crippen molar-refractivity contribution in [2.24, 2.45) is 0 Å². The molecule has 0 radical (unpaired) electrons. The molecule has 23 heavy (non-hydrogen) atoms. The van der Waals surface area contributed by atoms with Gasteiger partial charge < -0.3 is 4.52 Å². The van der Waals surface area contributed by atoms with E-state index in [4.69, 9.17) is 16.1 Å². The predicted molar refractivity (Wildman–Crippen MR) is 87.8 cm³/mol. The topological polar surface area (TPSA) is 76.3 Å².